The van der Waals surface area contributed by atoms with Gasteiger partial charge in [0, 0.05) is 6.54 Å². The minimum Gasteiger partial charge on any atom is -0.329 e. The van der Waals surface area contributed by atoms with Gasteiger partial charge in [-0.05, 0) is 42.8 Å². The predicted octanol–water partition coefficient (Wildman–Crippen LogP) is 3.00. The van der Waals surface area contributed by atoms with E-state index in [2.05, 4.69) is 39.3 Å². The highest BCUT2D eigenvalue weighted by atomic mass is 32.1. The lowest BCUT2D eigenvalue weighted by Crippen LogP contribution is -2.37. The molecule has 4 heteroatoms. The van der Waals surface area contributed by atoms with Crippen molar-refractivity contribution < 1.29 is 0 Å². The molecule has 0 atom stereocenters. The highest BCUT2D eigenvalue weighted by Gasteiger charge is 2.27. The molecular formula is C14H19N3S. The van der Waals surface area contributed by atoms with E-state index in [0.717, 1.165) is 19.6 Å². The van der Waals surface area contributed by atoms with Crippen LogP contribution in [0.3, 0.4) is 0 Å². The van der Waals surface area contributed by atoms with E-state index in [1.54, 1.807) is 11.3 Å². The van der Waals surface area contributed by atoms with Crippen molar-refractivity contribution in [2.45, 2.75) is 26.3 Å². The van der Waals surface area contributed by atoms with E-state index in [1.165, 1.54) is 23.4 Å². The molecule has 0 aromatic carbocycles. The van der Waals surface area contributed by atoms with E-state index in [0.29, 0.717) is 5.41 Å². The monoisotopic (exact) mass is 261 g/mol. The Hall–Kier alpha value is -1.13. The summed E-state index contributed by atoms with van der Waals surface area (Å²) in [6.07, 6.45) is 6.45. The number of imidazole rings is 1. The molecule has 3 rings (SSSR count). The topological polar surface area (TPSA) is 29.9 Å². The molecule has 0 amide bonds. The molecule has 1 N–H and O–H groups in total. The Balaban J connectivity index is 1.83. The number of rotatable bonds is 3. The molecule has 0 bridgehead atoms. The molecule has 18 heavy (non-hydrogen) atoms. The maximum atomic E-state index is 4.33. The smallest absolute Gasteiger partial charge is 0.0951 e. The minimum atomic E-state index is 0.401. The van der Waals surface area contributed by atoms with Crippen LogP contribution in [-0.2, 0) is 6.54 Å². The number of hydrogen-bond acceptors (Lipinski definition) is 3. The molecule has 96 valence electrons. The molecule has 3 heterocycles. The van der Waals surface area contributed by atoms with Crippen LogP contribution in [0.15, 0.2) is 30.0 Å². The van der Waals surface area contributed by atoms with Crippen LogP contribution in [0.25, 0.3) is 10.6 Å². The highest BCUT2D eigenvalue weighted by Crippen LogP contribution is 2.32. The van der Waals surface area contributed by atoms with Crippen LogP contribution in [-0.4, -0.2) is 22.6 Å². The van der Waals surface area contributed by atoms with E-state index < -0.39 is 0 Å². The Bertz CT molecular complexity index is 495. The number of piperidine rings is 1. The van der Waals surface area contributed by atoms with E-state index in [9.17, 15) is 0 Å². The van der Waals surface area contributed by atoms with Crippen LogP contribution in [0, 0.1) is 5.41 Å². The van der Waals surface area contributed by atoms with Gasteiger partial charge in [-0.15, -0.1) is 11.3 Å². The van der Waals surface area contributed by atoms with Gasteiger partial charge in [-0.1, -0.05) is 13.0 Å². The zero-order chi connectivity index (χ0) is 12.4. The van der Waals surface area contributed by atoms with Crippen LogP contribution in [0.5, 0.6) is 0 Å². The third-order valence-electron chi connectivity index (χ3n) is 3.85. The first-order valence-corrected chi connectivity index (χ1v) is 7.40. The SMILES string of the molecule is CC1(Cn2cncc2-c2cccs2)CCNCC1. The van der Waals surface area contributed by atoms with Crippen LogP contribution in [0.2, 0.25) is 0 Å². The summed E-state index contributed by atoms with van der Waals surface area (Å²) in [7, 11) is 0. The molecule has 0 spiro atoms. The third kappa shape index (κ3) is 2.35. The largest absolute Gasteiger partial charge is 0.329 e. The molecule has 1 aliphatic heterocycles. The maximum absolute atomic E-state index is 4.33. The highest BCUT2D eigenvalue weighted by molar-refractivity contribution is 7.13. The molecule has 2 aromatic heterocycles. The fourth-order valence-corrected chi connectivity index (χ4v) is 3.43. The van der Waals surface area contributed by atoms with Crippen molar-refractivity contribution in [1.82, 2.24) is 14.9 Å². The van der Waals surface area contributed by atoms with E-state index in [4.69, 9.17) is 0 Å². The zero-order valence-electron chi connectivity index (χ0n) is 10.7. The van der Waals surface area contributed by atoms with Gasteiger partial charge in [-0.2, -0.15) is 0 Å². The molecule has 0 unspecified atom stereocenters. The molecule has 1 fully saturated rings. The summed E-state index contributed by atoms with van der Waals surface area (Å²) in [6.45, 7) is 5.74. The molecular weight excluding hydrogens is 242 g/mol. The van der Waals surface area contributed by atoms with Crippen LogP contribution < -0.4 is 5.32 Å². The second kappa shape index (κ2) is 4.86. The van der Waals surface area contributed by atoms with Gasteiger partial charge >= 0.3 is 0 Å². The summed E-state index contributed by atoms with van der Waals surface area (Å²) < 4.78 is 2.32. The summed E-state index contributed by atoms with van der Waals surface area (Å²) in [4.78, 5) is 5.64. The maximum Gasteiger partial charge on any atom is 0.0951 e. The van der Waals surface area contributed by atoms with Crippen molar-refractivity contribution in [3.05, 3.63) is 30.0 Å². The Morgan fingerprint density at radius 1 is 1.44 bits per heavy atom. The lowest BCUT2D eigenvalue weighted by atomic mass is 9.81. The summed E-state index contributed by atoms with van der Waals surface area (Å²) in [6, 6.07) is 4.27. The molecule has 0 saturated carbocycles. The number of nitrogens with one attached hydrogen (secondary N) is 1. The van der Waals surface area contributed by atoms with E-state index in [-0.39, 0.29) is 0 Å². The Morgan fingerprint density at radius 2 is 2.28 bits per heavy atom. The Kier molecular flexibility index (Phi) is 3.22. The number of thiophene rings is 1. The van der Waals surface area contributed by atoms with E-state index >= 15 is 0 Å². The van der Waals surface area contributed by atoms with Crippen molar-refractivity contribution in [1.29, 1.82) is 0 Å². The first kappa shape index (κ1) is 11.9. The summed E-state index contributed by atoms with van der Waals surface area (Å²) in [5.41, 5.74) is 1.66. The first-order chi connectivity index (χ1) is 8.77. The van der Waals surface area contributed by atoms with Crippen LogP contribution >= 0.6 is 11.3 Å². The van der Waals surface area contributed by atoms with Crippen molar-refractivity contribution in [3.63, 3.8) is 0 Å². The summed E-state index contributed by atoms with van der Waals surface area (Å²) in [5.74, 6) is 0. The molecule has 0 aliphatic carbocycles. The van der Waals surface area contributed by atoms with Crippen molar-refractivity contribution in [3.8, 4) is 10.6 Å². The van der Waals surface area contributed by atoms with Gasteiger partial charge in [-0.3, -0.25) is 0 Å². The molecule has 1 aliphatic rings. The van der Waals surface area contributed by atoms with Gasteiger partial charge in [-0.25, -0.2) is 4.98 Å². The quantitative estimate of drug-likeness (QED) is 0.920. The molecule has 1 saturated heterocycles. The summed E-state index contributed by atoms with van der Waals surface area (Å²) >= 11 is 1.78. The van der Waals surface area contributed by atoms with Gasteiger partial charge in [0.05, 0.1) is 23.1 Å². The average Bonchev–Trinajstić information content (AvgIpc) is 2.99. The minimum absolute atomic E-state index is 0.401. The lowest BCUT2D eigenvalue weighted by molar-refractivity contribution is 0.196. The standard InChI is InChI=1S/C14H19N3S/c1-14(4-6-15-7-5-14)10-17-11-16-9-12(17)13-3-2-8-18-13/h2-3,8-9,11,15H,4-7,10H2,1H3. The second-order valence-corrected chi connectivity index (χ2v) is 6.39. The van der Waals surface area contributed by atoms with Gasteiger partial charge in [0.15, 0.2) is 0 Å². The van der Waals surface area contributed by atoms with Gasteiger partial charge in [0.2, 0.25) is 0 Å². The number of hydrogen-bond donors (Lipinski definition) is 1. The molecule has 3 nitrogen and oxygen atoms in total. The van der Waals surface area contributed by atoms with Gasteiger partial charge in [0.25, 0.3) is 0 Å². The predicted molar refractivity (Wildman–Crippen MR) is 75.8 cm³/mol. The lowest BCUT2D eigenvalue weighted by Gasteiger charge is -2.34. The Labute approximate surface area is 112 Å². The van der Waals surface area contributed by atoms with Crippen molar-refractivity contribution >= 4 is 11.3 Å². The molecule has 0 radical (unpaired) electrons. The zero-order valence-corrected chi connectivity index (χ0v) is 11.5. The summed E-state index contributed by atoms with van der Waals surface area (Å²) in [5, 5.41) is 5.56. The van der Waals surface area contributed by atoms with Crippen molar-refractivity contribution in [2.24, 2.45) is 5.41 Å². The van der Waals surface area contributed by atoms with Gasteiger partial charge < -0.3 is 9.88 Å². The fourth-order valence-electron chi connectivity index (χ4n) is 2.68. The number of aromatic nitrogens is 2. The normalized spacial score (nSPS) is 18.9. The number of nitrogens with zero attached hydrogens (tertiary/aromatic N) is 2. The average molecular weight is 261 g/mol. The van der Waals surface area contributed by atoms with Gasteiger partial charge in [0.1, 0.15) is 0 Å². The molecule has 2 aromatic rings. The van der Waals surface area contributed by atoms with Crippen molar-refractivity contribution in [2.75, 3.05) is 13.1 Å². The van der Waals surface area contributed by atoms with E-state index in [1.807, 2.05) is 12.5 Å². The fraction of sp³-hybridized carbons (Fsp3) is 0.500. The second-order valence-electron chi connectivity index (χ2n) is 5.44. The third-order valence-corrected chi connectivity index (χ3v) is 4.74. The Morgan fingerprint density at radius 3 is 3.00 bits per heavy atom. The van der Waals surface area contributed by atoms with Crippen LogP contribution in [0.1, 0.15) is 19.8 Å². The van der Waals surface area contributed by atoms with Crippen LogP contribution in [0.4, 0.5) is 0 Å². The first-order valence-electron chi connectivity index (χ1n) is 6.52.